The highest BCUT2D eigenvalue weighted by Crippen LogP contribution is 2.38. The fourth-order valence-electron chi connectivity index (χ4n) is 1.20. The summed E-state index contributed by atoms with van der Waals surface area (Å²) >= 11 is 4.63. The summed E-state index contributed by atoms with van der Waals surface area (Å²) in [4.78, 5) is 23.5. The Hall–Kier alpha value is -1.08. The van der Waals surface area contributed by atoms with Crippen molar-refractivity contribution in [2.45, 2.75) is 13.3 Å². The number of carboxylic acids is 1. The number of ether oxygens (including phenoxy) is 1. The fraction of sp³-hybridized carbons (Fsp3) is 0.400. The van der Waals surface area contributed by atoms with E-state index >= 15 is 0 Å². The van der Waals surface area contributed by atoms with Gasteiger partial charge in [0.05, 0.1) is 18.0 Å². The number of nitrogens with one attached hydrogen (secondary N) is 1. The lowest BCUT2D eigenvalue weighted by atomic mass is 10.3. The number of halogens is 1. The van der Waals surface area contributed by atoms with Gasteiger partial charge in [0.1, 0.15) is 4.88 Å². The number of amides is 1. The zero-order chi connectivity index (χ0) is 13.0. The number of aliphatic carboxylic acids is 1. The Bertz CT molecular complexity index is 444. The summed E-state index contributed by atoms with van der Waals surface area (Å²) in [7, 11) is 1.49. The number of thiophene rings is 1. The van der Waals surface area contributed by atoms with Crippen LogP contribution in [-0.4, -0.2) is 30.6 Å². The average Bonchev–Trinajstić information content (AvgIpc) is 2.54. The molecule has 0 spiro atoms. The molecule has 0 radical (unpaired) electrons. The quantitative estimate of drug-likeness (QED) is 0.870. The Balaban J connectivity index is 2.75. The number of aryl methyl sites for hydroxylation is 1. The molecule has 1 rings (SSSR count). The number of hydrogen-bond donors (Lipinski definition) is 2. The van der Waals surface area contributed by atoms with E-state index in [9.17, 15) is 9.59 Å². The molecule has 0 unspecified atom stereocenters. The van der Waals surface area contributed by atoms with Gasteiger partial charge in [-0.1, -0.05) is 0 Å². The van der Waals surface area contributed by atoms with Crippen molar-refractivity contribution in [3.05, 3.63) is 14.2 Å². The predicted octanol–water partition coefficient (Wildman–Crippen LogP) is 2.03. The molecule has 1 aromatic rings. The normalized spacial score (nSPS) is 10.1. The van der Waals surface area contributed by atoms with Gasteiger partial charge in [-0.15, -0.1) is 11.3 Å². The number of carboxylic acid groups (broad SMARTS) is 1. The van der Waals surface area contributed by atoms with E-state index in [1.165, 1.54) is 18.4 Å². The summed E-state index contributed by atoms with van der Waals surface area (Å²) in [6.45, 7) is 1.97. The van der Waals surface area contributed by atoms with Crippen LogP contribution in [0.5, 0.6) is 5.75 Å². The van der Waals surface area contributed by atoms with Gasteiger partial charge in [0, 0.05) is 11.4 Å². The molecule has 1 amide bonds. The van der Waals surface area contributed by atoms with E-state index < -0.39 is 5.97 Å². The maximum absolute atomic E-state index is 11.8. The van der Waals surface area contributed by atoms with Gasteiger partial charge in [-0.3, -0.25) is 9.59 Å². The Morgan fingerprint density at radius 3 is 2.71 bits per heavy atom. The molecular formula is C10H12BrNO4S. The molecular weight excluding hydrogens is 310 g/mol. The van der Waals surface area contributed by atoms with Crippen molar-refractivity contribution in [3.63, 3.8) is 0 Å². The second kappa shape index (κ2) is 6.02. The number of rotatable bonds is 5. The topological polar surface area (TPSA) is 75.6 Å². The van der Waals surface area contributed by atoms with Crippen molar-refractivity contribution in [1.29, 1.82) is 0 Å². The van der Waals surface area contributed by atoms with E-state index in [1.807, 2.05) is 6.92 Å². The first-order valence-corrected chi connectivity index (χ1v) is 6.41. The minimum Gasteiger partial charge on any atom is -0.494 e. The molecule has 0 aliphatic carbocycles. The first-order chi connectivity index (χ1) is 7.97. The highest BCUT2D eigenvalue weighted by atomic mass is 79.9. The van der Waals surface area contributed by atoms with Crippen molar-refractivity contribution < 1.29 is 19.4 Å². The molecule has 17 heavy (non-hydrogen) atoms. The number of carbonyl (C=O) groups is 2. The highest BCUT2D eigenvalue weighted by Gasteiger charge is 2.20. The van der Waals surface area contributed by atoms with Crippen LogP contribution in [0.15, 0.2) is 4.47 Å². The summed E-state index contributed by atoms with van der Waals surface area (Å²) in [6, 6.07) is 0. The van der Waals surface area contributed by atoms with E-state index in [4.69, 9.17) is 9.84 Å². The van der Waals surface area contributed by atoms with Gasteiger partial charge in [0.2, 0.25) is 0 Å². The van der Waals surface area contributed by atoms with Crippen LogP contribution in [0.1, 0.15) is 21.0 Å². The highest BCUT2D eigenvalue weighted by molar-refractivity contribution is 9.10. The summed E-state index contributed by atoms with van der Waals surface area (Å²) in [5.41, 5.74) is 0. The van der Waals surface area contributed by atoms with Crippen LogP contribution < -0.4 is 10.1 Å². The van der Waals surface area contributed by atoms with Crippen LogP contribution in [0.25, 0.3) is 0 Å². The first-order valence-electron chi connectivity index (χ1n) is 4.80. The maximum atomic E-state index is 11.8. The van der Waals surface area contributed by atoms with Crippen LogP contribution in [0.4, 0.5) is 0 Å². The molecule has 0 saturated heterocycles. The second-order valence-electron chi connectivity index (χ2n) is 3.23. The van der Waals surface area contributed by atoms with Gasteiger partial charge < -0.3 is 15.2 Å². The molecule has 0 atom stereocenters. The van der Waals surface area contributed by atoms with Gasteiger partial charge in [-0.25, -0.2) is 0 Å². The van der Waals surface area contributed by atoms with E-state index in [0.717, 1.165) is 9.35 Å². The first kappa shape index (κ1) is 14.0. The van der Waals surface area contributed by atoms with Crippen LogP contribution in [0.2, 0.25) is 0 Å². The molecule has 0 fully saturated rings. The molecule has 0 saturated carbocycles. The fourth-order valence-corrected chi connectivity index (χ4v) is 2.86. The van der Waals surface area contributed by atoms with Crippen LogP contribution in [0.3, 0.4) is 0 Å². The summed E-state index contributed by atoms with van der Waals surface area (Å²) < 4.78 is 5.89. The molecule has 94 valence electrons. The molecule has 0 bridgehead atoms. The monoisotopic (exact) mass is 321 g/mol. The largest absolute Gasteiger partial charge is 0.494 e. The predicted molar refractivity (Wildman–Crippen MR) is 67.9 cm³/mol. The van der Waals surface area contributed by atoms with Crippen LogP contribution >= 0.6 is 27.3 Å². The SMILES string of the molecule is COc1c(C(=O)NCCC(=O)O)sc(C)c1Br. The third-order valence-corrected chi connectivity index (χ3v) is 4.31. The minimum atomic E-state index is -0.944. The number of hydrogen-bond acceptors (Lipinski definition) is 4. The molecule has 0 aliphatic rings. The zero-order valence-corrected chi connectivity index (χ0v) is 11.8. The third-order valence-electron chi connectivity index (χ3n) is 2.00. The van der Waals surface area contributed by atoms with E-state index in [2.05, 4.69) is 21.2 Å². The van der Waals surface area contributed by atoms with Crippen LogP contribution in [0, 0.1) is 6.92 Å². The molecule has 5 nitrogen and oxygen atoms in total. The number of methoxy groups -OCH3 is 1. The van der Waals surface area contributed by atoms with Gasteiger partial charge in [-0.2, -0.15) is 0 Å². The maximum Gasteiger partial charge on any atom is 0.305 e. The lowest BCUT2D eigenvalue weighted by Crippen LogP contribution is -2.25. The number of carbonyl (C=O) groups excluding carboxylic acids is 1. The van der Waals surface area contributed by atoms with Crippen LogP contribution in [-0.2, 0) is 4.79 Å². The summed E-state index contributed by atoms with van der Waals surface area (Å²) in [5.74, 6) is -0.775. The zero-order valence-electron chi connectivity index (χ0n) is 9.37. The Labute approximate surface area is 111 Å². The smallest absolute Gasteiger partial charge is 0.305 e. The third kappa shape index (κ3) is 3.44. The molecule has 2 N–H and O–H groups in total. The van der Waals surface area contributed by atoms with Gasteiger partial charge >= 0.3 is 5.97 Å². The van der Waals surface area contributed by atoms with Crippen molar-refractivity contribution in [2.24, 2.45) is 0 Å². The molecule has 0 aliphatic heterocycles. The van der Waals surface area contributed by atoms with Gasteiger partial charge in [0.25, 0.3) is 5.91 Å². The van der Waals surface area contributed by atoms with Gasteiger partial charge in [0.15, 0.2) is 5.75 Å². The lowest BCUT2D eigenvalue weighted by molar-refractivity contribution is -0.136. The molecule has 1 heterocycles. The van der Waals surface area contributed by atoms with E-state index in [1.54, 1.807) is 0 Å². The van der Waals surface area contributed by atoms with E-state index in [-0.39, 0.29) is 18.9 Å². The van der Waals surface area contributed by atoms with Crippen molar-refractivity contribution in [1.82, 2.24) is 5.32 Å². The minimum absolute atomic E-state index is 0.0976. The van der Waals surface area contributed by atoms with Crippen molar-refractivity contribution in [3.8, 4) is 5.75 Å². The summed E-state index contributed by atoms with van der Waals surface area (Å²) in [5, 5.41) is 11.0. The second-order valence-corrected chi connectivity index (χ2v) is 5.25. The average molecular weight is 322 g/mol. The lowest BCUT2D eigenvalue weighted by Gasteiger charge is -2.04. The standard InChI is InChI=1S/C10H12BrNO4S/c1-5-7(11)8(16-2)9(17-5)10(15)12-4-3-6(13)14/h3-4H2,1-2H3,(H,12,15)(H,13,14). The van der Waals surface area contributed by atoms with Crippen molar-refractivity contribution in [2.75, 3.05) is 13.7 Å². The Morgan fingerprint density at radius 2 is 2.18 bits per heavy atom. The Morgan fingerprint density at radius 1 is 1.53 bits per heavy atom. The van der Waals surface area contributed by atoms with Gasteiger partial charge in [-0.05, 0) is 22.9 Å². The summed E-state index contributed by atoms with van der Waals surface area (Å²) in [6.07, 6.45) is -0.0976. The Kier molecular flexibility index (Phi) is 4.95. The molecule has 1 aromatic heterocycles. The molecule has 7 heteroatoms. The van der Waals surface area contributed by atoms with E-state index in [0.29, 0.717) is 10.6 Å². The molecule has 0 aromatic carbocycles. The van der Waals surface area contributed by atoms with Crippen molar-refractivity contribution >= 4 is 39.1 Å².